The maximum Gasteiger partial charge on any atom is 0.180 e. The number of nitrogens with zero attached hydrogens (tertiary/aromatic N) is 5. The van der Waals surface area contributed by atoms with Crippen LogP contribution >= 0.6 is 15.9 Å². The molecule has 2 aromatic heterocycles. The maximum atomic E-state index is 4.79. The summed E-state index contributed by atoms with van der Waals surface area (Å²) < 4.78 is 0.972. The number of piperidine rings is 1. The molecule has 2 N–H and O–H groups in total. The molecule has 1 aromatic carbocycles. The highest BCUT2D eigenvalue weighted by molar-refractivity contribution is 9.10. The molecule has 0 atom stereocenters. The standard InChI is InChI=1S/C23H30BrN7/c1-29-9-7-17(8-10-29)26-20-19(24)15-25-23-21(20)27-22(28-23)16-3-5-18(6-4-16)31-13-11-30(2)12-14-31/h3-6,15,17H,7-14H2,1-2H3,(H2,25,26,27,28). The minimum absolute atomic E-state index is 0.465. The van der Waals surface area contributed by atoms with Gasteiger partial charge in [0.15, 0.2) is 5.65 Å². The number of likely N-dealkylation sites (tertiary alicyclic amines) is 1. The molecule has 0 aliphatic carbocycles. The Kier molecular flexibility index (Phi) is 5.86. The van der Waals surface area contributed by atoms with Gasteiger partial charge in [0.1, 0.15) is 11.3 Å². The Morgan fingerprint density at radius 1 is 0.968 bits per heavy atom. The quantitative estimate of drug-likeness (QED) is 0.590. The van der Waals surface area contributed by atoms with Gasteiger partial charge < -0.3 is 25.0 Å². The third kappa shape index (κ3) is 4.42. The Bertz CT molecular complexity index is 1030. The SMILES string of the molecule is CN1CCC(Nc2c(Br)cnc3nc(-c4ccc(N5CCN(C)CC5)cc4)[nH]c23)CC1. The van der Waals surface area contributed by atoms with Crippen molar-refractivity contribution < 1.29 is 0 Å². The summed E-state index contributed by atoms with van der Waals surface area (Å²) in [6.07, 6.45) is 4.13. The largest absolute Gasteiger partial charge is 0.379 e. The van der Waals surface area contributed by atoms with Crippen LogP contribution in [0.2, 0.25) is 0 Å². The molecular formula is C23H30BrN7. The van der Waals surface area contributed by atoms with Crippen molar-refractivity contribution in [1.82, 2.24) is 24.8 Å². The molecule has 0 amide bonds. The summed E-state index contributed by atoms with van der Waals surface area (Å²) in [5.41, 5.74) is 5.13. The molecule has 164 valence electrons. The zero-order valence-corrected chi connectivity index (χ0v) is 19.8. The number of anilines is 2. The molecule has 0 saturated carbocycles. The number of pyridine rings is 1. The zero-order valence-electron chi connectivity index (χ0n) is 18.2. The Hall–Kier alpha value is -2.16. The second kappa shape index (κ2) is 8.76. The van der Waals surface area contributed by atoms with Gasteiger partial charge in [0.2, 0.25) is 0 Å². The summed E-state index contributed by atoms with van der Waals surface area (Å²) >= 11 is 3.69. The van der Waals surface area contributed by atoms with Crippen LogP contribution in [0.4, 0.5) is 11.4 Å². The van der Waals surface area contributed by atoms with Crippen LogP contribution < -0.4 is 10.2 Å². The van der Waals surface area contributed by atoms with Gasteiger partial charge in [0.25, 0.3) is 0 Å². The van der Waals surface area contributed by atoms with E-state index in [0.717, 1.165) is 84.8 Å². The topological polar surface area (TPSA) is 63.3 Å². The minimum atomic E-state index is 0.465. The number of likely N-dealkylation sites (N-methyl/N-ethyl adjacent to an activating group) is 1. The van der Waals surface area contributed by atoms with E-state index in [2.05, 4.69) is 84.3 Å². The van der Waals surface area contributed by atoms with E-state index in [-0.39, 0.29) is 0 Å². The fourth-order valence-corrected chi connectivity index (χ4v) is 4.88. The van der Waals surface area contributed by atoms with Crippen molar-refractivity contribution in [3.63, 3.8) is 0 Å². The van der Waals surface area contributed by atoms with Crippen LogP contribution in [0.3, 0.4) is 0 Å². The van der Waals surface area contributed by atoms with Crippen molar-refractivity contribution in [2.75, 3.05) is 63.6 Å². The molecule has 3 aromatic rings. The monoisotopic (exact) mass is 483 g/mol. The number of piperazine rings is 1. The average Bonchev–Trinajstić information content (AvgIpc) is 3.22. The predicted octanol–water partition coefficient (Wildman–Crippen LogP) is 3.65. The van der Waals surface area contributed by atoms with Gasteiger partial charge in [0.05, 0.1) is 10.2 Å². The zero-order chi connectivity index (χ0) is 21.4. The van der Waals surface area contributed by atoms with Gasteiger partial charge in [-0.15, -0.1) is 0 Å². The molecule has 0 unspecified atom stereocenters. The molecule has 7 nitrogen and oxygen atoms in total. The van der Waals surface area contributed by atoms with Crippen LogP contribution in [0.25, 0.3) is 22.6 Å². The molecule has 2 aliphatic rings. The summed E-state index contributed by atoms with van der Waals surface area (Å²) in [6.45, 7) is 6.61. The molecular weight excluding hydrogens is 454 g/mol. The van der Waals surface area contributed by atoms with E-state index in [9.17, 15) is 0 Å². The van der Waals surface area contributed by atoms with Crippen molar-refractivity contribution in [1.29, 1.82) is 0 Å². The lowest BCUT2D eigenvalue weighted by Crippen LogP contribution is -2.44. The first kappa shape index (κ1) is 20.7. The fourth-order valence-electron chi connectivity index (χ4n) is 4.46. The highest BCUT2D eigenvalue weighted by atomic mass is 79.9. The number of fused-ring (bicyclic) bond motifs is 1. The van der Waals surface area contributed by atoms with Gasteiger partial charge in [-0.2, -0.15) is 0 Å². The van der Waals surface area contributed by atoms with Crippen LogP contribution in [0.1, 0.15) is 12.8 Å². The number of H-pyrrole nitrogens is 1. The van der Waals surface area contributed by atoms with Crippen molar-refractivity contribution >= 4 is 38.5 Å². The smallest absolute Gasteiger partial charge is 0.180 e. The molecule has 31 heavy (non-hydrogen) atoms. The molecule has 0 bridgehead atoms. The summed E-state index contributed by atoms with van der Waals surface area (Å²) in [4.78, 5) is 20.1. The Balaban J connectivity index is 1.38. The first-order chi connectivity index (χ1) is 15.1. The predicted molar refractivity (Wildman–Crippen MR) is 131 cm³/mol. The van der Waals surface area contributed by atoms with Gasteiger partial charge in [-0.3, -0.25) is 0 Å². The summed E-state index contributed by atoms with van der Waals surface area (Å²) in [7, 11) is 4.37. The molecule has 2 aliphatic heterocycles. The number of aromatic nitrogens is 3. The molecule has 8 heteroatoms. The van der Waals surface area contributed by atoms with Crippen LogP contribution in [-0.2, 0) is 0 Å². The summed E-state index contributed by atoms with van der Waals surface area (Å²) in [5, 5.41) is 3.74. The van der Waals surface area contributed by atoms with Crippen LogP contribution in [0.5, 0.6) is 0 Å². The molecule has 0 spiro atoms. The number of aromatic amines is 1. The number of benzene rings is 1. The summed E-state index contributed by atoms with van der Waals surface area (Å²) in [5.74, 6) is 0.858. The fraction of sp³-hybridized carbons (Fsp3) is 0.478. The third-order valence-corrected chi connectivity index (χ3v) is 7.15. The second-order valence-corrected chi connectivity index (χ2v) is 9.68. The number of halogens is 1. The minimum Gasteiger partial charge on any atom is -0.379 e. The van der Waals surface area contributed by atoms with Crippen LogP contribution in [0.15, 0.2) is 34.9 Å². The highest BCUT2D eigenvalue weighted by Crippen LogP contribution is 2.32. The third-order valence-electron chi connectivity index (χ3n) is 6.55. The summed E-state index contributed by atoms with van der Waals surface area (Å²) in [6, 6.07) is 9.19. The molecule has 2 fully saturated rings. The first-order valence-corrected chi connectivity index (χ1v) is 11.9. The van der Waals surface area contributed by atoms with E-state index >= 15 is 0 Å². The number of nitrogens with one attached hydrogen (secondary N) is 2. The highest BCUT2D eigenvalue weighted by Gasteiger charge is 2.20. The lowest BCUT2D eigenvalue weighted by Gasteiger charge is -2.34. The molecule has 4 heterocycles. The van der Waals surface area contributed by atoms with Gasteiger partial charge >= 0.3 is 0 Å². The number of hydrogen-bond acceptors (Lipinski definition) is 6. The average molecular weight is 484 g/mol. The van der Waals surface area contributed by atoms with Crippen molar-refractivity contribution in [3.05, 3.63) is 34.9 Å². The van der Waals surface area contributed by atoms with Crippen molar-refractivity contribution in [2.24, 2.45) is 0 Å². The van der Waals surface area contributed by atoms with Gasteiger partial charge in [-0.25, -0.2) is 9.97 Å². The van der Waals surface area contributed by atoms with E-state index in [1.807, 2.05) is 6.20 Å². The number of rotatable bonds is 4. The molecule has 5 rings (SSSR count). The van der Waals surface area contributed by atoms with Gasteiger partial charge in [-0.1, -0.05) is 0 Å². The first-order valence-electron chi connectivity index (χ1n) is 11.1. The van der Waals surface area contributed by atoms with Crippen LogP contribution in [0, 0.1) is 0 Å². The molecule has 2 saturated heterocycles. The Morgan fingerprint density at radius 2 is 1.65 bits per heavy atom. The van der Waals surface area contributed by atoms with Gasteiger partial charge in [-0.05, 0) is 80.2 Å². The van der Waals surface area contributed by atoms with E-state index in [4.69, 9.17) is 4.98 Å². The lowest BCUT2D eigenvalue weighted by atomic mass is 10.1. The van der Waals surface area contributed by atoms with Crippen LogP contribution in [-0.4, -0.2) is 84.2 Å². The lowest BCUT2D eigenvalue weighted by molar-refractivity contribution is 0.264. The Labute approximate surface area is 192 Å². The second-order valence-electron chi connectivity index (χ2n) is 8.82. The van der Waals surface area contributed by atoms with Crippen molar-refractivity contribution in [2.45, 2.75) is 18.9 Å². The number of imidazole rings is 1. The van der Waals surface area contributed by atoms with E-state index < -0.39 is 0 Å². The van der Waals surface area contributed by atoms with Gasteiger partial charge in [0, 0.05) is 49.7 Å². The number of hydrogen-bond donors (Lipinski definition) is 2. The molecule has 0 radical (unpaired) electrons. The van der Waals surface area contributed by atoms with E-state index in [1.165, 1.54) is 5.69 Å². The Morgan fingerprint density at radius 3 is 2.35 bits per heavy atom. The maximum absolute atomic E-state index is 4.79. The normalized spacial score (nSPS) is 19.3. The van der Waals surface area contributed by atoms with Crippen molar-refractivity contribution in [3.8, 4) is 11.4 Å². The van der Waals surface area contributed by atoms with E-state index in [0.29, 0.717) is 6.04 Å². The van der Waals surface area contributed by atoms with E-state index in [1.54, 1.807) is 0 Å².